The number of alkyl halides is 2. The first-order chi connectivity index (χ1) is 17.6. The van der Waals surface area contributed by atoms with Gasteiger partial charge in [-0.25, -0.2) is 13.6 Å². The minimum atomic E-state index is -2.70. The van der Waals surface area contributed by atoms with Crippen molar-refractivity contribution in [3.05, 3.63) is 34.2 Å². The first-order valence-corrected chi connectivity index (χ1v) is 12.5. The van der Waals surface area contributed by atoms with Crippen LogP contribution in [0.3, 0.4) is 0 Å². The van der Waals surface area contributed by atoms with Crippen molar-refractivity contribution in [3.63, 3.8) is 0 Å². The predicted molar refractivity (Wildman–Crippen MR) is 130 cm³/mol. The van der Waals surface area contributed by atoms with Crippen LogP contribution in [-0.4, -0.2) is 56.7 Å². The van der Waals surface area contributed by atoms with Crippen molar-refractivity contribution >= 4 is 34.7 Å². The van der Waals surface area contributed by atoms with Gasteiger partial charge < -0.3 is 10.2 Å². The van der Waals surface area contributed by atoms with E-state index in [2.05, 4.69) is 10.6 Å². The zero-order valence-corrected chi connectivity index (χ0v) is 20.7. The van der Waals surface area contributed by atoms with Gasteiger partial charge >= 0.3 is 5.69 Å². The summed E-state index contributed by atoms with van der Waals surface area (Å²) in [5.41, 5.74) is 1.46. The largest absolute Gasteiger partial charge is 0.352 e. The standard InChI is InChI=1S/C25H31F2N5O5/c1-30-22-16(5-4-6-17(22)32(24(30)37)18-9-10-20(34)29-23(18)36)15-28-19(33)7-2-3-8-21(35)31-13-11-25(26,27)12-14-31/h4-6,18H,2-3,7-15H2,1H3,(H,28,33)(H,29,34,36). The topological polar surface area (TPSA) is 123 Å². The van der Waals surface area contributed by atoms with Crippen LogP contribution < -0.4 is 16.3 Å². The Morgan fingerprint density at radius 3 is 2.51 bits per heavy atom. The van der Waals surface area contributed by atoms with E-state index in [4.69, 9.17) is 0 Å². The number of likely N-dealkylation sites (tertiary alicyclic amines) is 1. The molecule has 12 heteroatoms. The Balaban J connectivity index is 1.31. The number of carbonyl (C=O) groups excluding carboxylic acids is 4. The molecule has 1 unspecified atom stereocenters. The number of benzene rings is 1. The van der Waals surface area contributed by atoms with Crippen LogP contribution in [0.5, 0.6) is 0 Å². The van der Waals surface area contributed by atoms with E-state index in [-0.39, 0.29) is 81.6 Å². The molecule has 0 bridgehead atoms. The van der Waals surface area contributed by atoms with Crippen LogP contribution in [0.15, 0.2) is 23.0 Å². The summed E-state index contributed by atoms with van der Waals surface area (Å²) in [7, 11) is 1.60. The van der Waals surface area contributed by atoms with Gasteiger partial charge in [0.25, 0.3) is 5.92 Å². The van der Waals surface area contributed by atoms with Gasteiger partial charge in [-0.05, 0) is 30.9 Å². The highest BCUT2D eigenvalue weighted by Crippen LogP contribution is 2.28. The van der Waals surface area contributed by atoms with Gasteiger partial charge in [0.15, 0.2) is 0 Å². The number of aryl methyl sites for hydroxylation is 1. The normalized spacial score (nSPS) is 19.6. The van der Waals surface area contributed by atoms with E-state index in [0.29, 0.717) is 29.4 Å². The first kappa shape index (κ1) is 26.5. The van der Waals surface area contributed by atoms with E-state index in [1.165, 1.54) is 14.0 Å². The molecule has 10 nitrogen and oxygen atoms in total. The molecule has 0 radical (unpaired) electrons. The Labute approximate surface area is 212 Å². The van der Waals surface area contributed by atoms with Crippen molar-refractivity contribution in [2.45, 2.75) is 69.9 Å². The lowest BCUT2D eigenvalue weighted by atomic mass is 10.1. The Morgan fingerprint density at radius 2 is 1.81 bits per heavy atom. The average Bonchev–Trinajstić information content (AvgIpc) is 3.11. The van der Waals surface area contributed by atoms with Crippen molar-refractivity contribution in [2.75, 3.05) is 13.1 Å². The van der Waals surface area contributed by atoms with E-state index < -0.39 is 17.9 Å². The van der Waals surface area contributed by atoms with Gasteiger partial charge in [0, 0.05) is 58.8 Å². The number of unbranched alkanes of at least 4 members (excludes halogenated alkanes) is 1. The molecule has 2 N–H and O–H groups in total. The smallest absolute Gasteiger partial charge is 0.329 e. The third-order valence-electron chi connectivity index (χ3n) is 7.08. The Kier molecular flexibility index (Phi) is 7.74. The van der Waals surface area contributed by atoms with Gasteiger partial charge in [0.05, 0.1) is 11.0 Å². The summed E-state index contributed by atoms with van der Waals surface area (Å²) in [5.74, 6) is -3.94. The summed E-state index contributed by atoms with van der Waals surface area (Å²) >= 11 is 0. The van der Waals surface area contributed by atoms with Crippen LogP contribution in [0.4, 0.5) is 8.78 Å². The number of piperidine rings is 2. The number of hydrogen-bond donors (Lipinski definition) is 2. The molecule has 1 atom stereocenters. The number of hydrogen-bond acceptors (Lipinski definition) is 5. The molecule has 4 rings (SSSR count). The van der Waals surface area contributed by atoms with Crippen molar-refractivity contribution in [1.82, 2.24) is 24.7 Å². The second-order valence-electron chi connectivity index (χ2n) is 9.68. The molecule has 200 valence electrons. The monoisotopic (exact) mass is 519 g/mol. The van der Waals surface area contributed by atoms with Gasteiger partial charge in [0.2, 0.25) is 23.6 Å². The molecular formula is C25H31F2N5O5. The van der Waals surface area contributed by atoms with Gasteiger partial charge in [-0.1, -0.05) is 12.1 Å². The molecule has 0 spiro atoms. The second-order valence-corrected chi connectivity index (χ2v) is 9.68. The van der Waals surface area contributed by atoms with Gasteiger partial charge in [-0.3, -0.25) is 33.6 Å². The minimum absolute atomic E-state index is 0.0611. The highest BCUT2D eigenvalue weighted by molar-refractivity contribution is 6.00. The molecule has 2 aliphatic rings. The number of para-hydroxylation sites is 1. The molecule has 0 saturated carbocycles. The molecular weight excluding hydrogens is 488 g/mol. The third-order valence-corrected chi connectivity index (χ3v) is 7.08. The molecule has 2 fully saturated rings. The Morgan fingerprint density at radius 1 is 1.11 bits per heavy atom. The summed E-state index contributed by atoms with van der Waals surface area (Å²) in [6, 6.07) is 4.47. The summed E-state index contributed by atoms with van der Waals surface area (Å²) < 4.78 is 29.3. The predicted octanol–water partition coefficient (Wildman–Crippen LogP) is 1.75. The Hall–Kier alpha value is -3.57. The second kappa shape index (κ2) is 10.8. The lowest BCUT2D eigenvalue weighted by molar-refractivity contribution is -0.138. The summed E-state index contributed by atoms with van der Waals surface area (Å²) in [5, 5.41) is 5.11. The number of imide groups is 1. The number of nitrogens with one attached hydrogen (secondary N) is 2. The quantitative estimate of drug-likeness (QED) is 0.407. The highest BCUT2D eigenvalue weighted by atomic mass is 19.3. The van der Waals surface area contributed by atoms with Crippen LogP contribution in [-0.2, 0) is 32.8 Å². The van der Waals surface area contributed by atoms with Crippen molar-refractivity contribution < 1.29 is 28.0 Å². The average molecular weight is 520 g/mol. The number of carbonyl (C=O) groups is 4. The molecule has 4 amide bonds. The maximum atomic E-state index is 13.2. The molecule has 2 aliphatic heterocycles. The zero-order chi connectivity index (χ0) is 26.7. The van der Waals surface area contributed by atoms with E-state index in [1.807, 2.05) is 0 Å². The molecule has 1 aromatic heterocycles. The number of nitrogens with zero attached hydrogens (tertiary/aromatic N) is 3. The lowest BCUT2D eigenvalue weighted by Gasteiger charge is -2.31. The van der Waals surface area contributed by atoms with E-state index in [0.717, 1.165) is 0 Å². The van der Waals surface area contributed by atoms with E-state index in [9.17, 15) is 32.8 Å². The molecule has 2 saturated heterocycles. The van der Waals surface area contributed by atoms with Crippen LogP contribution >= 0.6 is 0 Å². The number of amides is 4. The van der Waals surface area contributed by atoms with Gasteiger partial charge in [-0.2, -0.15) is 0 Å². The summed E-state index contributed by atoms with van der Waals surface area (Å²) in [4.78, 5) is 63.0. The molecule has 1 aromatic carbocycles. The number of imidazole rings is 1. The summed E-state index contributed by atoms with van der Waals surface area (Å²) in [6.45, 7) is 0.293. The minimum Gasteiger partial charge on any atom is -0.352 e. The molecule has 37 heavy (non-hydrogen) atoms. The number of rotatable bonds is 8. The summed E-state index contributed by atoms with van der Waals surface area (Å²) in [6.07, 6.45) is 1.15. The SMILES string of the molecule is Cn1c(=O)n(C2CCC(=O)NC2=O)c2cccc(CNC(=O)CCCCC(=O)N3CCC(F)(F)CC3)c21. The van der Waals surface area contributed by atoms with E-state index >= 15 is 0 Å². The van der Waals surface area contributed by atoms with Crippen LogP contribution in [0.2, 0.25) is 0 Å². The van der Waals surface area contributed by atoms with Crippen LogP contribution in [0.25, 0.3) is 11.0 Å². The molecule has 0 aliphatic carbocycles. The molecule has 2 aromatic rings. The maximum absolute atomic E-state index is 13.2. The third kappa shape index (κ3) is 5.89. The zero-order valence-electron chi connectivity index (χ0n) is 20.7. The number of halogens is 2. The fourth-order valence-corrected chi connectivity index (χ4v) is 4.98. The Bertz CT molecular complexity index is 1270. The van der Waals surface area contributed by atoms with Crippen molar-refractivity contribution in [1.29, 1.82) is 0 Å². The van der Waals surface area contributed by atoms with Crippen molar-refractivity contribution in [2.24, 2.45) is 7.05 Å². The van der Waals surface area contributed by atoms with Gasteiger partial charge in [0.1, 0.15) is 6.04 Å². The number of aromatic nitrogens is 2. The first-order valence-electron chi connectivity index (χ1n) is 12.5. The lowest BCUT2D eigenvalue weighted by Crippen LogP contribution is -2.44. The van der Waals surface area contributed by atoms with Crippen LogP contribution in [0.1, 0.15) is 63.0 Å². The highest BCUT2D eigenvalue weighted by Gasteiger charge is 2.35. The number of fused-ring (bicyclic) bond motifs is 1. The fraction of sp³-hybridized carbons (Fsp3) is 0.560. The van der Waals surface area contributed by atoms with E-state index in [1.54, 1.807) is 25.2 Å². The maximum Gasteiger partial charge on any atom is 0.329 e. The van der Waals surface area contributed by atoms with Crippen molar-refractivity contribution in [3.8, 4) is 0 Å². The molecule has 3 heterocycles. The van der Waals surface area contributed by atoms with Crippen LogP contribution in [0, 0.1) is 0 Å². The fourth-order valence-electron chi connectivity index (χ4n) is 4.98. The van der Waals surface area contributed by atoms with Gasteiger partial charge in [-0.15, -0.1) is 0 Å².